The Hall–Kier alpha value is -0.760. The molecule has 0 bridgehead atoms. The van der Waals surface area contributed by atoms with Crippen LogP contribution in [-0.2, 0) is 0 Å². The number of thioether (sulfide) groups is 1. The van der Waals surface area contributed by atoms with Crippen LogP contribution in [0.15, 0.2) is 35.3 Å². The Balaban J connectivity index is 2.22. The first-order chi connectivity index (χ1) is 5.88. The fourth-order valence-electron chi connectivity index (χ4n) is 1.33. The highest BCUT2D eigenvalue weighted by molar-refractivity contribution is 8.12. The SMILES string of the molecule is CC1N=[C]SC1c1ccccc1. The van der Waals surface area contributed by atoms with Gasteiger partial charge in [0.25, 0.3) is 0 Å². The van der Waals surface area contributed by atoms with Gasteiger partial charge in [-0.2, -0.15) is 0 Å². The molecule has 0 N–H and O–H groups in total. The van der Waals surface area contributed by atoms with E-state index in [1.807, 2.05) is 6.07 Å². The minimum absolute atomic E-state index is 0.373. The van der Waals surface area contributed by atoms with Crippen molar-refractivity contribution in [1.82, 2.24) is 0 Å². The van der Waals surface area contributed by atoms with E-state index in [0.29, 0.717) is 11.3 Å². The number of hydrogen-bond acceptors (Lipinski definition) is 2. The van der Waals surface area contributed by atoms with Crippen LogP contribution in [0.2, 0.25) is 0 Å². The molecule has 1 heterocycles. The van der Waals surface area contributed by atoms with Gasteiger partial charge in [0.1, 0.15) is 5.55 Å². The smallest absolute Gasteiger partial charge is 0.123 e. The highest BCUT2D eigenvalue weighted by atomic mass is 32.2. The van der Waals surface area contributed by atoms with E-state index >= 15 is 0 Å². The third-order valence-corrected chi connectivity index (χ3v) is 3.13. The summed E-state index contributed by atoms with van der Waals surface area (Å²) in [4.78, 5) is 4.21. The van der Waals surface area contributed by atoms with E-state index in [-0.39, 0.29) is 0 Å². The van der Waals surface area contributed by atoms with Crippen LogP contribution < -0.4 is 0 Å². The lowest BCUT2D eigenvalue weighted by Crippen LogP contribution is -2.04. The largest absolute Gasteiger partial charge is 0.271 e. The molecule has 2 atom stereocenters. The summed E-state index contributed by atoms with van der Waals surface area (Å²) in [7, 11) is 0. The molecule has 1 aromatic carbocycles. The number of hydrogen-bond donors (Lipinski definition) is 0. The standard InChI is InChI=1S/C10H10NS/c1-8-10(12-7-11-8)9-5-3-2-4-6-9/h2-6,8,10H,1H3. The lowest BCUT2D eigenvalue weighted by atomic mass is 10.1. The first-order valence-corrected chi connectivity index (χ1v) is 4.91. The Kier molecular flexibility index (Phi) is 2.17. The lowest BCUT2D eigenvalue weighted by molar-refractivity contribution is 0.741. The van der Waals surface area contributed by atoms with Gasteiger partial charge in [-0.1, -0.05) is 42.1 Å². The van der Waals surface area contributed by atoms with Crippen LogP contribution in [0.5, 0.6) is 0 Å². The van der Waals surface area contributed by atoms with Gasteiger partial charge in [0.15, 0.2) is 0 Å². The molecule has 61 valence electrons. The molecule has 0 spiro atoms. The summed E-state index contributed by atoms with van der Waals surface area (Å²) in [5.74, 6) is 0. The predicted octanol–water partition coefficient (Wildman–Crippen LogP) is 2.77. The van der Waals surface area contributed by atoms with E-state index in [1.54, 1.807) is 11.8 Å². The van der Waals surface area contributed by atoms with Crippen LogP contribution in [0.4, 0.5) is 0 Å². The summed E-state index contributed by atoms with van der Waals surface area (Å²) >= 11 is 1.69. The van der Waals surface area contributed by atoms with Gasteiger partial charge in [-0.3, -0.25) is 4.99 Å². The van der Waals surface area contributed by atoms with Gasteiger partial charge < -0.3 is 0 Å². The summed E-state index contributed by atoms with van der Waals surface area (Å²) in [6.45, 7) is 2.13. The second-order valence-corrected chi connectivity index (χ2v) is 3.84. The predicted molar refractivity (Wildman–Crippen MR) is 53.7 cm³/mol. The highest BCUT2D eigenvalue weighted by Crippen LogP contribution is 2.36. The topological polar surface area (TPSA) is 12.4 Å². The molecule has 2 heteroatoms. The van der Waals surface area contributed by atoms with Crippen molar-refractivity contribution in [3.8, 4) is 0 Å². The minimum Gasteiger partial charge on any atom is -0.271 e. The van der Waals surface area contributed by atoms with Gasteiger partial charge >= 0.3 is 0 Å². The zero-order valence-electron chi connectivity index (χ0n) is 6.90. The van der Waals surface area contributed by atoms with E-state index in [0.717, 1.165) is 0 Å². The van der Waals surface area contributed by atoms with Gasteiger partial charge in [0, 0.05) is 0 Å². The fraction of sp³-hybridized carbons (Fsp3) is 0.300. The molecule has 0 saturated heterocycles. The van der Waals surface area contributed by atoms with Crippen LogP contribution >= 0.6 is 11.8 Å². The second kappa shape index (κ2) is 3.31. The second-order valence-electron chi connectivity index (χ2n) is 2.91. The number of rotatable bonds is 1. The highest BCUT2D eigenvalue weighted by Gasteiger charge is 2.22. The number of nitrogens with zero attached hydrogens (tertiary/aromatic N) is 1. The number of aliphatic imine (C=N–C) groups is 1. The van der Waals surface area contributed by atoms with E-state index < -0.39 is 0 Å². The van der Waals surface area contributed by atoms with Gasteiger partial charge in [-0.15, -0.1) is 0 Å². The average Bonchev–Trinajstić information content (AvgIpc) is 2.53. The maximum absolute atomic E-state index is 4.21. The van der Waals surface area contributed by atoms with Crippen molar-refractivity contribution in [1.29, 1.82) is 0 Å². The summed E-state index contributed by atoms with van der Waals surface area (Å²) in [6, 6.07) is 10.9. The van der Waals surface area contributed by atoms with Crippen molar-refractivity contribution >= 4 is 17.3 Å². The molecule has 2 rings (SSSR count). The molecule has 0 fully saturated rings. The molecule has 0 aromatic heterocycles. The van der Waals surface area contributed by atoms with E-state index in [2.05, 4.69) is 41.7 Å². The van der Waals surface area contributed by atoms with Crippen molar-refractivity contribution in [2.24, 2.45) is 4.99 Å². The molecule has 12 heavy (non-hydrogen) atoms. The summed E-state index contributed by atoms with van der Waals surface area (Å²) < 4.78 is 0. The van der Waals surface area contributed by atoms with E-state index in [9.17, 15) is 0 Å². The summed E-state index contributed by atoms with van der Waals surface area (Å²) in [5, 5.41) is 0.478. The maximum atomic E-state index is 4.21. The fourth-order valence-corrected chi connectivity index (χ4v) is 2.22. The molecule has 1 aromatic rings. The molecule has 0 aliphatic carbocycles. The lowest BCUT2D eigenvalue weighted by Gasteiger charge is -2.12. The van der Waals surface area contributed by atoms with Crippen LogP contribution in [0, 0.1) is 0 Å². The van der Waals surface area contributed by atoms with E-state index in [1.165, 1.54) is 5.56 Å². The molecule has 1 aliphatic rings. The van der Waals surface area contributed by atoms with Crippen molar-refractivity contribution < 1.29 is 0 Å². The molecule has 1 nitrogen and oxygen atoms in total. The zero-order chi connectivity index (χ0) is 8.39. The van der Waals surface area contributed by atoms with Crippen LogP contribution in [0.1, 0.15) is 17.7 Å². The normalized spacial score (nSPS) is 27.8. The first kappa shape index (κ1) is 7.87. The van der Waals surface area contributed by atoms with Crippen LogP contribution in [0.3, 0.4) is 0 Å². The van der Waals surface area contributed by atoms with Gasteiger partial charge in [0.2, 0.25) is 0 Å². The molecular formula is C10H10NS. The zero-order valence-corrected chi connectivity index (χ0v) is 7.71. The maximum Gasteiger partial charge on any atom is 0.123 e. The Morgan fingerprint density at radius 2 is 2.08 bits per heavy atom. The molecule has 2 unspecified atom stereocenters. The molecule has 1 radical (unpaired) electrons. The summed E-state index contributed by atoms with van der Waals surface area (Å²) in [6.07, 6.45) is 0. The monoisotopic (exact) mass is 176 g/mol. The Labute approximate surface area is 76.9 Å². The van der Waals surface area contributed by atoms with E-state index in [4.69, 9.17) is 0 Å². The van der Waals surface area contributed by atoms with Gasteiger partial charge in [-0.05, 0) is 12.5 Å². The van der Waals surface area contributed by atoms with Gasteiger partial charge in [0.05, 0.1) is 11.3 Å². The molecule has 0 amide bonds. The Morgan fingerprint density at radius 1 is 1.33 bits per heavy atom. The van der Waals surface area contributed by atoms with Crippen LogP contribution in [-0.4, -0.2) is 11.6 Å². The first-order valence-electron chi connectivity index (χ1n) is 4.03. The quantitative estimate of drug-likeness (QED) is 0.641. The van der Waals surface area contributed by atoms with Crippen molar-refractivity contribution in [3.63, 3.8) is 0 Å². The third kappa shape index (κ3) is 1.39. The van der Waals surface area contributed by atoms with Gasteiger partial charge in [-0.25, -0.2) is 0 Å². The van der Waals surface area contributed by atoms with Crippen LogP contribution in [0.25, 0.3) is 0 Å². The molecular weight excluding hydrogens is 166 g/mol. The summed E-state index contributed by atoms with van der Waals surface area (Å²) in [5.41, 5.74) is 4.31. The molecule has 1 aliphatic heterocycles. The third-order valence-electron chi connectivity index (χ3n) is 2.00. The number of benzene rings is 1. The average molecular weight is 176 g/mol. The van der Waals surface area contributed by atoms with Crippen molar-refractivity contribution in [3.05, 3.63) is 35.9 Å². The Morgan fingerprint density at radius 3 is 2.67 bits per heavy atom. The van der Waals surface area contributed by atoms with Crippen molar-refractivity contribution in [2.75, 3.05) is 0 Å². The van der Waals surface area contributed by atoms with Crippen molar-refractivity contribution in [2.45, 2.75) is 18.2 Å². The minimum atomic E-state index is 0.373. The molecule has 0 saturated carbocycles. The Bertz CT molecular complexity index is 281.